The lowest BCUT2D eigenvalue weighted by Crippen LogP contribution is -2.24. The Morgan fingerprint density at radius 2 is 2.32 bits per heavy atom. The topological polar surface area (TPSA) is 46.4 Å². The number of carbonyl (C=O) groups is 1. The number of hydrogen-bond donors (Lipinski definition) is 1. The Kier molecular flexibility index (Phi) is 3.05. The normalized spacial score (nSPS) is 10.8. The van der Waals surface area contributed by atoms with Crippen LogP contribution in [0.15, 0.2) is 41.2 Å². The van der Waals surface area contributed by atoms with Gasteiger partial charge in [0.2, 0.25) is 0 Å². The van der Waals surface area contributed by atoms with E-state index in [1.54, 1.807) is 11.3 Å². The summed E-state index contributed by atoms with van der Waals surface area (Å²) in [5.74, 6) is -0.0950. The summed E-state index contributed by atoms with van der Waals surface area (Å²) in [5.41, 5.74) is 3.25. The number of thiophene rings is 1. The summed E-state index contributed by atoms with van der Waals surface area (Å²) < 4.78 is 1.82. The van der Waals surface area contributed by atoms with Crippen LogP contribution in [0.5, 0.6) is 0 Å². The van der Waals surface area contributed by atoms with Crippen molar-refractivity contribution in [2.75, 3.05) is 0 Å². The van der Waals surface area contributed by atoms with Crippen LogP contribution < -0.4 is 5.32 Å². The Hall–Kier alpha value is -2.14. The van der Waals surface area contributed by atoms with E-state index in [-0.39, 0.29) is 5.91 Å². The fourth-order valence-electron chi connectivity index (χ4n) is 2.05. The number of carbonyl (C=O) groups excluding carboxylic acids is 1. The number of rotatable bonds is 3. The van der Waals surface area contributed by atoms with Gasteiger partial charge in [0.25, 0.3) is 5.91 Å². The molecule has 0 bridgehead atoms. The van der Waals surface area contributed by atoms with Crippen LogP contribution in [0.4, 0.5) is 0 Å². The minimum atomic E-state index is -0.0950. The molecule has 19 heavy (non-hydrogen) atoms. The van der Waals surface area contributed by atoms with Crippen molar-refractivity contribution in [1.82, 2.24) is 14.7 Å². The lowest BCUT2D eigenvalue weighted by molar-refractivity contribution is 0.0944. The summed E-state index contributed by atoms with van der Waals surface area (Å²) >= 11 is 1.63. The van der Waals surface area contributed by atoms with Gasteiger partial charge >= 0.3 is 0 Å². The standard InChI is InChI=1S/C14H13N3OS/c1-10-13(17-6-3-2-4-12(17)16-10)14(18)15-8-11-5-7-19-9-11/h2-7,9H,8H2,1H3,(H,15,18). The quantitative estimate of drug-likeness (QED) is 0.796. The molecule has 0 aliphatic rings. The number of imidazole rings is 1. The van der Waals surface area contributed by atoms with Crippen LogP contribution in [0, 0.1) is 6.92 Å². The summed E-state index contributed by atoms with van der Waals surface area (Å²) in [6.45, 7) is 2.40. The van der Waals surface area contributed by atoms with E-state index in [4.69, 9.17) is 0 Å². The first-order valence-electron chi connectivity index (χ1n) is 5.98. The number of aromatic nitrogens is 2. The third-order valence-electron chi connectivity index (χ3n) is 2.95. The maximum atomic E-state index is 12.3. The molecule has 0 unspecified atom stereocenters. The number of nitrogens with one attached hydrogen (secondary N) is 1. The molecule has 0 radical (unpaired) electrons. The molecule has 0 aliphatic carbocycles. The van der Waals surface area contributed by atoms with Crippen LogP contribution in [0.1, 0.15) is 21.7 Å². The van der Waals surface area contributed by atoms with Crippen molar-refractivity contribution >= 4 is 22.9 Å². The van der Waals surface area contributed by atoms with E-state index in [0.717, 1.165) is 16.9 Å². The Balaban J connectivity index is 1.87. The van der Waals surface area contributed by atoms with Crippen LogP contribution in [-0.4, -0.2) is 15.3 Å². The summed E-state index contributed by atoms with van der Waals surface area (Å²) in [5, 5.41) is 6.96. The Morgan fingerprint density at radius 1 is 1.42 bits per heavy atom. The third kappa shape index (κ3) is 2.24. The van der Waals surface area contributed by atoms with Gasteiger partial charge in [-0.1, -0.05) is 6.07 Å². The number of amides is 1. The average molecular weight is 271 g/mol. The number of pyridine rings is 1. The molecule has 1 N–H and O–H groups in total. The molecule has 0 saturated heterocycles. The second-order valence-corrected chi connectivity index (χ2v) is 5.07. The summed E-state index contributed by atoms with van der Waals surface area (Å²) in [7, 11) is 0. The lowest BCUT2D eigenvalue weighted by Gasteiger charge is -2.04. The molecule has 0 atom stereocenters. The van der Waals surface area contributed by atoms with E-state index in [9.17, 15) is 4.79 Å². The van der Waals surface area contributed by atoms with Gasteiger partial charge in [-0.2, -0.15) is 11.3 Å². The van der Waals surface area contributed by atoms with Crippen LogP contribution in [0.25, 0.3) is 5.65 Å². The van der Waals surface area contributed by atoms with E-state index in [2.05, 4.69) is 10.3 Å². The molecule has 3 rings (SSSR count). The minimum absolute atomic E-state index is 0.0950. The molecule has 0 aromatic carbocycles. The predicted molar refractivity (Wildman–Crippen MR) is 75.4 cm³/mol. The molecule has 3 aromatic heterocycles. The van der Waals surface area contributed by atoms with Crippen LogP contribution in [0.2, 0.25) is 0 Å². The van der Waals surface area contributed by atoms with E-state index in [1.165, 1.54) is 0 Å². The van der Waals surface area contributed by atoms with Crippen molar-refractivity contribution in [3.05, 3.63) is 58.2 Å². The van der Waals surface area contributed by atoms with E-state index >= 15 is 0 Å². The van der Waals surface area contributed by atoms with Crippen molar-refractivity contribution < 1.29 is 4.79 Å². The second kappa shape index (κ2) is 4.85. The van der Waals surface area contributed by atoms with Gasteiger partial charge in [0, 0.05) is 12.7 Å². The molecular weight excluding hydrogens is 258 g/mol. The smallest absolute Gasteiger partial charge is 0.270 e. The van der Waals surface area contributed by atoms with Crippen LogP contribution in [0.3, 0.4) is 0 Å². The zero-order valence-electron chi connectivity index (χ0n) is 10.5. The van der Waals surface area contributed by atoms with Crippen molar-refractivity contribution in [2.45, 2.75) is 13.5 Å². The van der Waals surface area contributed by atoms with Gasteiger partial charge < -0.3 is 5.32 Å². The van der Waals surface area contributed by atoms with Gasteiger partial charge in [-0.3, -0.25) is 9.20 Å². The fourth-order valence-corrected chi connectivity index (χ4v) is 2.71. The van der Waals surface area contributed by atoms with E-state index in [0.29, 0.717) is 12.2 Å². The zero-order valence-corrected chi connectivity index (χ0v) is 11.3. The first-order chi connectivity index (χ1) is 9.25. The Bertz CT molecular complexity index is 715. The number of nitrogens with zero attached hydrogens (tertiary/aromatic N) is 2. The van der Waals surface area contributed by atoms with Gasteiger partial charge in [-0.05, 0) is 41.4 Å². The third-order valence-corrected chi connectivity index (χ3v) is 3.68. The largest absolute Gasteiger partial charge is 0.347 e. The van der Waals surface area contributed by atoms with Gasteiger partial charge in [0.05, 0.1) is 5.69 Å². The van der Waals surface area contributed by atoms with Crippen molar-refractivity contribution in [3.63, 3.8) is 0 Å². The Morgan fingerprint density at radius 3 is 3.11 bits per heavy atom. The molecule has 96 valence electrons. The van der Waals surface area contributed by atoms with E-state index < -0.39 is 0 Å². The van der Waals surface area contributed by atoms with Gasteiger partial charge in [-0.25, -0.2) is 4.98 Å². The SMILES string of the molecule is Cc1nc2ccccn2c1C(=O)NCc1ccsc1. The molecule has 0 spiro atoms. The highest BCUT2D eigenvalue weighted by molar-refractivity contribution is 7.07. The van der Waals surface area contributed by atoms with E-state index in [1.807, 2.05) is 52.5 Å². The van der Waals surface area contributed by atoms with Crippen LogP contribution in [-0.2, 0) is 6.54 Å². The highest BCUT2D eigenvalue weighted by Gasteiger charge is 2.15. The highest BCUT2D eigenvalue weighted by Crippen LogP contribution is 2.12. The monoisotopic (exact) mass is 271 g/mol. The fraction of sp³-hybridized carbons (Fsp3) is 0.143. The molecule has 5 heteroatoms. The van der Waals surface area contributed by atoms with Gasteiger partial charge in [0.15, 0.2) is 0 Å². The Labute approximate surface area is 114 Å². The van der Waals surface area contributed by atoms with Crippen molar-refractivity contribution in [2.24, 2.45) is 0 Å². The van der Waals surface area contributed by atoms with Crippen LogP contribution >= 0.6 is 11.3 Å². The highest BCUT2D eigenvalue weighted by atomic mass is 32.1. The number of aryl methyl sites for hydroxylation is 1. The molecule has 0 aliphatic heterocycles. The first-order valence-corrected chi connectivity index (χ1v) is 6.93. The molecule has 4 nitrogen and oxygen atoms in total. The predicted octanol–water partition coefficient (Wildman–Crippen LogP) is 2.63. The minimum Gasteiger partial charge on any atom is -0.347 e. The molecule has 0 saturated carbocycles. The zero-order chi connectivity index (χ0) is 13.2. The van der Waals surface area contributed by atoms with Crippen molar-refractivity contribution in [1.29, 1.82) is 0 Å². The number of fused-ring (bicyclic) bond motifs is 1. The molecule has 1 amide bonds. The lowest BCUT2D eigenvalue weighted by atomic mass is 10.3. The number of hydrogen-bond acceptors (Lipinski definition) is 3. The molecule has 3 heterocycles. The maximum Gasteiger partial charge on any atom is 0.270 e. The second-order valence-electron chi connectivity index (χ2n) is 4.29. The molecule has 0 fully saturated rings. The molecular formula is C14H13N3OS. The molecule has 3 aromatic rings. The summed E-state index contributed by atoms with van der Waals surface area (Å²) in [6, 6.07) is 7.70. The first kappa shape index (κ1) is 11.9. The average Bonchev–Trinajstić information content (AvgIpc) is 3.02. The summed E-state index contributed by atoms with van der Waals surface area (Å²) in [4.78, 5) is 16.7. The maximum absolute atomic E-state index is 12.3. The van der Waals surface area contributed by atoms with Gasteiger partial charge in [-0.15, -0.1) is 0 Å². The van der Waals surface area contributed by atoms with Crippen molar-refractivity contribution in [3.8, 4) is 0 Å². The van der Waals surface area contributed by atoms with Gasteiger partial charge in [0.1, 0.15) is 11.3 Å². The summed E-state index contributed by atoms with van der Waals surface area (Å²) in [6.07, 6.45) is 1.86.